The Morgan fingerprint density at radius 2 is 1.36 bits per heavy atom. The molecule has 0 heterocycles. The zero-order valence-corrected chi connectivity index (χ0v) is 15.1. The average Bonchev–Trinajstić information content (AvgIpc) is 2.68. The molecule has 4 heteroatoms. The summed E-state index contributed by atoms with van der Waals surface area (Å²) >= 11 is 0. The maximum absolute atomic E-state index is 14.0. The minimum absolute atomic E-state index is 0.381. The predicted molar refractivity (Wildman–Crippen MR) is 105 cm³/mol. The van der Waals surface area contributed by atoms with Crippen molar-refractivity contribution in [1.29, 1.82) is 0 Å². The molecule has 0 aliphatic rings. The van der Waals surface area contributed by atoms with Gasteiger partial charge in [0.2, 0.25) is 0 Å². The van der Waals surface area contributed by atoms with Crippen LogP contribution in [0.1, 0.15) is 18.3 Å². The Labute approximate surface area is 149 Å². The van der Waals surface area contributed by atoms with E-state index in [1.54, 1.807) is 0 Å². The minimum Gasteiger partial charge on any atom is -0.370 e. The molecule has 0 aliphatic heterocycles. The van der Waals surface area contributed by atoms with Crippen molar-refractivity contribution in [3.05, 3.63) is 96.6 Å². The van der Waals surface area contributed by atoms with Gasteiger partial charge in [-0.25, -0.2) is 0 Å². The van der Waals surface area contributed by atoms with Crippen LogP contribution in [0.25, 0.3) is 0 Å². The molecule has 25 heavy (non-hydrogen) atoms. The molecule has 0 radical (unpaired) electrons. The summed E-state index contributed by atoms with van der Waals surface area (Å²) in [6, 6.07) is 29.1. The quantitative estimate of drug-likeness (QED) is 0.576. The van der Waals surface area contributed by atoms with E-state index in [0.717, 1.165) is 11.3 Å². The van der Waals surface area contributed by atoms with E-state index in [1.165, 1.54) is 0 Å². The first-order chi connectivity index (χ1) is 12.2. The fourth-order valence-electron chi connectivity index (χ4n) is 2.82. The predicted octanol–water partition coefficient (Wildman–Crippen LogP) is 5.44. The Morgan fingerprint density at radius 1 is 0.840 bits per heavy atom. The Morgan fingerprint density at radius 3 is 1.92 bits per heavy atom. The Balaban J connectivity index is 2.09. The van der Waals surface area contributed by atoms with E-state index in [0.29, 0.717) is 11.9 Å². The van der Waals surface area contributed by atoms with E-state index in [2.05, 4.69) is 5.32 Å². The second-order valence-corrected chi connectivity index (χ2v) is 8.16. The Hall–Kier alpha value is -2.35. The van der Waals surface area contributed by atoms with Crippen LogP contribution < -0.4 is 10.6 Å². The summed E-state index contributed by atoms with van der Waals surface area (Å²) in [4.78, 5) is 0. The van der Waals surface area contributed by atoms with Crippen LogP contribution in [-0.4, -0.2) is 6.61 Å². The van der Waals surface area contributed by atoms with Gasteiger partial charge >= 0.3 is 0 Å². The van der Waals surface area contributed by atoms with E-state index < -0.39 is 13.2 Å². The molecule has 3 aromatic rings. The van der Waals surface area contributed by atoms with Gasteiger partial charge in [-0.05, 0) is 36.8 Å². The maximum Gasteiger partial charge on any atom is 0.258 e. The maximum atomic E-state index is 14.0. The van der Waals surface area contributed by atoms with Crippen LogP contribution in [0.15, 0.2) is 91.0 Å². The number of nitrogens with one attached hydrogen (secondary N) is 1. The van der Waals surface area contributed by atoms with Crippen LogP contribution in [0.4, 0.5) is 5.69 Å². The molecule has 0 amide bonds. The van der Waals surface area contributed by atoms with Crippen LogP contribution >= 0.6 is 7.37 Å². The molecule has 0 aliphatic carbocycles. The molecule has 0 spiro atoms. The van der Waals surface area contributed by atoms with Crippen molar-refractivity contribution in [2.75, 3.05) is 11.9 Å². The van der Waals surface area contributed by atoms with Gasteiger partial charge in [0.15, 0.2) is 0 Å². The number of rotatable bonds is 7. The third-order valence-electron chi connectivity index (χ3n) is 3.97. The van der Waals surface area contributed by atoms with Crippen molar-refractivity contribution in [1.82, 2.24) is 0 Å². The van der Waals surface area contributed by atoms with Crippen molar-refractivity contribution in [3.63, 3.8) is 0 Å². The Bertz CT molecular complexity index is 822. The third kappa shape index (κ3) is 4.01. The highest BCUT2D eigenvalue weighted by molar-refractivity contribution is 7.67. The number of anilines is 1. The van der Waals surface area contributed by atoms with Crippen LogP contribution in [0, 0.1) is 0 Å². The first-order valence-corrected chi connectivity index (χ1v) is 10.1. The molecule has 3 nitrogen and oxygen atoms in total. The second-order valence-electron chi connectivity index (χ2n) is 5.67. The third-order valence-corrected chi connectivity index (χ3v) is 6.74. The summed E-state index contributed by atoms with van der Waals surface area (Å²) in [5.74, 6) is -0.460. The second kappa shape index (κ2) is 8.15. The standard InChI is InChI=1S/C21H22NO2P/c1-2-24-25(23,20-16-10-5-11-17-20)21(18-12-6-3-7-13-18)22-19-14-8-4-9-15-19/h3-17,21-22H,2H2,1H3/t21-,25-/m1/s1. The summed E-state index contributed by atoms with van der Waals surface area (Å²) < 4.78 is 19.9. The monoisotopic (exact) mass is 351 g/mol. The summed E-state index contributed by atoms with van der Waals surface area (Å²) in [5, 5.41) is 4.15. The van der Waals surface area contributed by atoms with E-state index >= 15 is 0 Å². The summed E-state index contributed by atoms with van der Waals surface area (Å²) in [6.07, 6.45) is 0. The zero-order chi connectivity index (χ0) is 17.5. The van der Waals surface area contributed by atoms with Crippen molar-refractivity contribution < 1.29 is 9.09 Å². The van der Waals surface area contributed by atoms with Gasteiger partial charge in [-0.3, -0.25) is 4.57 Å². The molecular formula is C21H22NO2P. The first-order valence-electron chi connectivity index (χ1n) is 8.40. The molecule has 0 saturated carbocycles. The highest BCUT2D eigenvalue weighted by atomic mass is 31.2. The van der Waals surface area contributed by atoms with Crippen LogP contribution in [0.5, 0.6) is 0 Å². The normalized spacial score (nSPS) is 14.4. The molecule has 1 N–H and O–H groups in total. The lowest BCUT2D eigenvalue weighted by Crippen LogP contribution is -2.20. The number of hydrogen-bond donors (Lipinski definition) is 1. The van der Waals surface area contributed by atoms with Gasteiger partial charge in [-0.2, -0.15) is 0 Å². The largest absolute Gasteiger partial charge is 0.370 e. The molecule has 3 rings (SSSR count). The Kier molecular flexibility index (Phi) is 5.70. The highest BCUT2D eigenvalue weighted by Crippen LogP contribution is 2.58. The van der Waals surface area contributed by atoms with Crippen molar-refractivity contribution >= 4 is 18.4 Å². The first kappa shape index (κ1) is 17.5. The summed E-state index contributed by atoms with van der Waals surface area (Å²) in [7, 11) is -3.18. The van der Waals surface area contributed by atoms with Gasteiger partial charge in [0.1, 0.15) is 5.78 Å². The van der Waals surface area contributed by atoms with E-state index in [1.807, 2.05) is 97.9 Å². The van der Waals surface area contributed by atoms with Gasteiger partial charge in [0.25, 0.3) is 7.37 Å². The smallest absolute Gasteiger partial charge is 0.258 e. The summed E-state index contributed by atoms with van der Waals surface area (Å²) in [5.41, 5.74) is 1.85. The molecule has 0 fully saturated rings. The van der Waals surface area contributed by atoms with Gasteiger partial charge in [0, 0.05) is 11.0 Å². The lowest BCUT2D eigenvalue weighted by Gasteiger charge is -2.29. The van der Waals surface area contributed by atoms with Crippen molar-refractivity contribution in [2.45, 2.75) is 12.7 Å². The van der Waals surface area contributed by atoms with Gasteiger partial charge in [0.05, 0.1) is 6.61 Å². The lowest BCUT2D eigenvalue weighted by atomic mass is 10.2. The van der Waals surface area contributed by atoms with Crippen molar-refractivity contribution in [2.24, 2.45) is 0 Å². The molecule has 128 valence electrons. The molecular weight excluding hydrogens is 329 g/mol. The van der Waals surface area contributed by atoms with Crippen molar-refractivity contribution in [3.8, 4) is 0 Å². The van der Waals surface area contributed by atoms with E-state index in [-0.39, 0.29) is 0 Å². The van der Waals surface area contributed by atoms with Crippen LogP contribution in [0.3, 0.4) is 0 Å². The minimum atomic E-state index is -3.18. The lowest BCUT2D eigenvalue weighted by molar-refractivity contribution is 0.335. The molecule has 2 atom stereocenters. The van der Waals surface area contributed by atoms with E-state index in [9.17, 15) is 4.57 Å². The van der Waals surface area contributed by atoms with Gasteiger partial charge in [-0.15, -0.1) is 0 Å². The SMILES string of the molecule is CCO[P@](=O)(c1ccccc1)[C@@H](Nc1ccccc1)c1ccccc1. The van der Waals surface area contributed by atoms with Crippen LogP contribution in [0.2, 0.25) is 0 Å². The van der Waals surface area contributed by atoms with E-state index in [4.69, 9.17) is 4.52 Å². The topological polar surface area (TPSA) is 38.3 Å². The highest BCUT2D eigenvalue weighted by Gasteiger charge is 2.37. The fraction of sp³-hybridized carbons (Fsp3) is 0.143. The molecule has 0 saturated heterocycles. The van der Waals surface area contributed by atoms with Gasteiger partial charge in [-0.1, -0.05) is 66.7 Å². The number of hydrogen-bond acceptors (Lipinski definition) is 3. The molecule has 0 unspecified atom stereocenters. The number of para-hydroxylation sites is 1. The molecule has 0 bridgehead atoms. The number of benzene rings is 3. The summed E-state index contributed by atoms with van der Waals surface area (Å²) in [6.45, 7) is 2.26. The van der Waals surface area contributed by atoms with Crippen LogP contribution in [-0.2, 0) is 9.09 Å². The zero-order valence-electron chi connectivity index (χ0n) is 14.2. The fourth-order valence-corrected chi connectivity index (χ4v) is 5.27. The van der Waals surface area contributed by atoms with Gasteiger partial charge < -0.3 is 9.84 Å². The average molecular weight is 351 g/mol. The molecule has 0 aromatic heterocycles. The molecule has 3 aromatic carbocycles.